The molecule has 0 spiro atoms. The highest BCUT2D eigenvalue weighted by Crippen LogP contribution is 2.39. The van der Waals surface area contributed by atoms with Crippen molar-refractivity contribution in [2.24, 2.45) is 5.41 Å². The first-order valence-electron chi connectivity index (χ1n) is 11.7. The molecule has 35 heavy (non-hydrogen) atoms. The van der Waals surface area contributed by atoms with Gasteiger partial charge in [-0.3, -0.25) is 9.59 Å². The Morgan fingerprint density at radius 3 is 2.14 bits per heavy atom. The van der Waals surface area contributed by atoms with Crippen molar-refractivity contribution in [3.8, 4) is 17.2 Å². The molecule has 1 N–H and O–H groups in total. The van der Waals surface area contributed by atoms with Gasteiger partial charge in [-0.25, -0.2) is 0 Å². The minimum atomic E-state index is -1.78. The van der Waals surface area contributed by atoms with Crippen molar-refractivity contribution in [3.63, 3.8) is 0 Å². The summed E-state index contributed by atoms with van der Waals surface area (Å²) in [6.45, 7) is 9.42. The molecule has 2 aromatic rings. The Balaban J connectivity index is 2.42. The molecule has 8 heteroatoms. The summed E-state index contributed by atoms with van der Waals surface area (Å²) in [5, 5.41) is 10.3. The number of methoxy groups -OCH3 is 1. The zero-order chi connectivity index (χ0) is 26.2. The van der Waals surface area contributed by atoms with E-state index < -0.39 is 17.4 Å². The Hall–Kier alpha value is -2.74. The standard InChI is InChI=1S/C27H35BrO7/c1-7-33-26(31)27(25(29)30,13-12-19-8-10-21(11-9-19)34-17(2)3)16-20-14-24(35-18(4)5)23(32-6)15-22(20)28/h8-11,14-15,17-18H,7,12-13,16H2,1-6H3,(H,29,30). The molecule has 0 radical (unpaired) electrons. The number of rotatable bonds is 13. The van der Waals surface area contributed by atoms with Gasteiger partial charge in [0.05, 0.1) is 25.9 Å². The fourth-order valence-electron chi connectivity index (χ4n) is 3.71. The molecule has 0 aromatic heterocycles. The van der Waals surface area contributed by atoms with Crippen LogP contribution in [0, 0.1) is 5.41 Å². The molecule has 0 saturated carbocycles. The molecule has 2 aromatic carbocycles. The Kier molecular flexibility index (Phi) is 10.4. The second-order valence-corrected chi connectivity index (χ2v) is 9.71. The third kappa shape index (κ3) is 7.62. The first kappa shape index (κ1) is 28.5. The number of hydrogen-bond donors (Lipinski definition) is 1. The van der Waals surface area contributed by atoms with E-state index in [-0.39, 0.29) is 31.7 Å². The summed E-state index contributed by atoms with van der Waals surface area (Å²) >= 11 is 3.51. The van der Waals surface area contributed by atoms with Gasteiger partial charge in [-0.1, -0.05) is 28.1 Å². The Labute approximate surface area is 215 Å². The van der Waals surface area contributed by atoms with Crippen LogP contribution in [0.3, 0.4) is 0 Å². The SMILES string of the molecule is CCOC(=O)C(CCc1ccc(OC(C)C)cc1)(Cc1cc(OC(C)C)c(OC)cc1Br)C(=O)O. The van der Waals surface area contributed by atoms with Crippen LogP contribution in [0.5, 0.6) is 17.2 Å². The Morgan fingerprint density at radius 1 is 1.00 bits per heavy atom. The van der Waals surface area contributed by atoms with Crippen molar-refractivity contribution in [1.82, 2.24) is 0 Å². The smallest absolute Gasteiger partial charge is 0.323 e. The average molecular weight is 551 g/mol. The van der Waals surface area contributed by atoms with Gasteiger partial charge in [0, 0.05) is 10.9 Å². The maximum atomic E-state index is 13.1. The third-order valence-electron chi connectivity index (χ3n) is 5.40. The number of carbonyl (C=O) groups excluding carboxylic acids is 1. The van der Waals surface area contributed by atoms with Gasteiger partial charge in [-0.05, 0) is 82.9 Å². The predicted octanol–water partition coefficient (Wildman–Crippen LogP) is 5.84. The minimum Gasteiger partial charge on any atom is -0.493 e. The van der Waals surface area contributed by atoms with E-state index in [9.17, 15) is 14.7 Å². The maximum Gasteiger partial charge on any atom is 0.323 e. The monoisotopic (exact) mass is 550 g/mol. The first-order chi connectivity index (χ1) is 16.5. The number of benzene rings is 2. The molecule has 0 amide bonds. The maximum absolute atomic E-state index is 13.1. The number of carboxylic acid groups (broad SMARTS) is 1. The number of carboxylic acids is 1. The molecule has 7 nitrogen and oxygen atoms in total. The molecule has 0 saturated heterocycles. The van der Waals surface area contributed by atoms with Crippen molar-refractivity contribution in [2.75, 3.05) is 13.7 Å². The molecule has 0 fully saturated rings. The van der Waals surface area contributed by atoms with Crippen LogP contribution < -0.4 is 14.2 Å². The topological polar surface area (TPSA) is 91.3 Å². The zero-order valence-corrected chi connectivity index (χ0v) is 22.8. The van der Waals surface area contributed by atoms with E-state index in [1.54, 1.807) is 19.1 Å². The largest absolute Gasteiger partial charge is 0.493 e. The second kappa shape index (κ2) is 12.8. The molecule has 0 aliphatic rings. The number of hydrogen-bond acceptors (Lipinski definition) is 6. The number of esters is 1. The van der Waals surface area contributed by atoms with Crippen molar-refractivity contribution in [1.29, 1.82) is 0 Å². The third-order valence-corrected chi connectivity index (χ3v) is 6.14. The van der Waals surface area contributed by atoms with Crippen molar-refractivity contribution in [2.45, 2.75) is 66.1 Å². The number of aryl methyl sites for hydroxylation is 1. The van der Waals surface area contributed by atoms with E-state index in [0.717, 1.165) is 11.3 Å². The summed E-state index contributed by atoms with van der Waals surface area (Å²) in [5.74, 6) is -0.274. The fraction of sp³-hybridized carbons (Fsp3) is 0.481. The lowest BCUT2D eigenvalue weighted by Gasteiger charge is -2.28. The van der Waals surface area contributed by atoms with Crippen LogP contribution in [0.25, 0.3) is 0 Å². The van der Waals surface area contributed by atoms with Crippen LogP contribution in [0.4, 0.5) is 0 Å². The second-order valence-electron chi connectivity index (χ2n) is 8.86. The predicted molar refractivity (Wildman–Crippen MR) is 137 cm³/mol. The summed E-state index contributed by atoms with van der Waals surface area (Å²) in [5.41, 5.74) is -0.277. The summed E-state index contributed by atoms with van der Waals surface area (Å²) in [4.78, 5) is 25.8. The van der Waals surface area contributed by atoms with Crippen LogP contribution in [-0.4, -0.2) is 43.0 Å². The molecule has 0 aliphatic heterocycles. The molecule has 192 valence electrons. The molecule has 0 aliphatic carbocycles. The highest BCUT2D eigenvalue weighted by molar-refractivity contribution is 9.10. The number of carbonyl (C=O) groups is 2. The normalized spacial score (nSPS) is 12.8. The molecule has 0 bridgehead atoms. The minimum absolute atomic E-state index is 0.0526. The van der Waals surface area contributed by atoms with Crippen molar-refractivity contribution >= 4 is 27.9 Å². The number of aliphatic carboxylic acids is 1. The van der Waals surface area contributed by atoms with Crippen molar-refractivity contribution in [3.05, 3.63) is 52.0 Å². The zero-order valence-electron chi connectivity index (χ0n) is 21.2. The Morgan fingerprint density at radius 2 is 1.63 bits per heavy atom. The molecule has 2 rings (SSSR count). The summed E-state index contributed by atoms with van der Waals surface area (Å²) < 4.78 is 22.8. The lowest BCUT2D eigenvalue weighted by Crippen LogP contribution is -2.43. The van der Waals surface area contributed by atoms with Gasteiger partial charge in [0.15, 0.2) is 16.9 Å². The van der Waals surface area contributed by atoms with Crippen LogP contribution in [-0.2, 0) is 27.2 Å². The van der Waals surface area contributed by atoms with Crippen molar-refractivity contribution < 1.29 is 33.6 Å². The van der Waals surface area contributed by atoms with Gasteiger partial charge >= 0.3 is 11.9 Å². The number of halogens is 1. The van der Waals surface area contributed by atoms with Crippen LogP contribution >= 0.6 is 15.9 Å². The van der Waals surface area contributed by atoms with Gasteiger partial charge in [-0.15, -0.1) is 0 Å². The van der Waals surface area contributed by atoms with Gasteiger partial charge in [-0.2, -0.15) is 0 Å². The fourth-order valence-corrected chi connectivity index (χ4v) is 4.17. The molecular weight excluding hydrogens is 516 g/mol. The van der Waals surface area contributed by atoms with Gasteiger partial charge in [0.1, 0.15) is 5.75 Å². The van der Waals surface area contributed by atoms with Gasteiger partial charge in [0.2, 0.25) is 0 Å². The van der Waals surface area contributed by atoms with Gasteiger partial charge in [0.25, 0.3) is 0 Å². The van der Waals surface area contributed by atoms with Crippen LogP contribution in [0.2, 0.25) is 0 Å². The van der Waals surface area contributed by atoms with E-state index in [1.807, 2.05) is 52.0 Å². The lowest BCUT2D eigenvalue weighted by atomic mass is 9.76. The van der Waals surface area contributed by atoms with Crippen LogP contribution in [0.1, 0.15) is 52.2 Å². The summed E-state index contributed by atoms with van der Waals surface area (Å²) in [6, 6.07) is 10.9. The molecule has 1 unspecified atom stereocenters. The van der Waals surface area contributed by atoms with E-state index in [0.29, 0.717) is 28.0 Å². The van der Waals surface area contributed by atoms with Gasteiger partial charge < -0.3 is 24.1 Å². The van der Waals surface area contributed by atoms with E-state index in [4.69, 9.17) is 18.9 Å². The molecular formula is C27H35BrO7. The summed E-state index contributed by atoms with van der Waals surface area (Å²) in [7, 11) is 1.53. The highest BCUT2D eigenvalue weighted by atomic mass is 79.9. The Bertz CT molecular complexity index is 1000. The first-order valence-corrected chi connectivity index (χ1v) is 12.5. The molecule has 1 atom stereocenters. The van der Waals surface area contributed by atoms with E-state index >= 15 is 0 Å². The summed E-state index contributed by atoms with van der Waals surface area (Å²) in [6.07, 6.45) is 0.293. The van der Waals surface area contributed by atoms with E-state index in [2.05, 4.69) is 15.9 Å². The molecule has 0 heterocycles. The highest BCUT2D eigenvalue weighted by Gasteiger charge is 2.48. The number of ether oxygens (including phenoxy) is 4. The van der Waals surface area contributed by atoms with E-state index in [1.165, 1.54) is 7.11 Å². The quantitative estimate of drug-likeness (QED) is 0.247. The lowest BCUT2D eigenvalue weighted by molar-refractivity contribution is -0.169. The van der Waals surface area contributed by atoms with Crippen LogP contribution in [0.15, 0.2) is 40.9 Å². The average Bonchev–Trinajstić information content (AvgIpc) is 2.78.